The Morgan fingerprint density at radius 3 is 2.57 bits per heavy atom. The van der Waals surface area contributed by atoms with Crippen LogP contribution in [0.25, 0.3) is 0 Å². The molecule has 4 nitrogen and oxygen atoms in total. The molecule has 1 aromatic rings. The molecule has 23 heavy (non-hydrogen) atoms. The standard InChI is InChI=1S/C16H23Cl2NO3S/c17-15-8-7-13(11-16(15)18)12-23(20,21)19-9-4-10-22-14-5-2-1-3-6-14/h7-8,11,14,19H,1-6,9-10,12H2. The molecule has 130 valence electrons. The van der Waals surface area contributed by atoms with E-state index in [4.69, 9.17) is 27.9 Å². The number of nitrogens with one attached hydrogen (secondary N) is 1. The van der Waals surface area contributed by atoms with Crippen LogP contribution in [0.5, 0.6) is 0 Å². The Balaban J connectivity index is 1.68. The van der Waals surface area contributed by atoms with Gasteiger partial charge in [-0.05, 0) is 37.0 Å². The zero-order valence-corrected chi connectivity index (χ0v) is 15.4. The molecule has 0 aromatic heterocycles. The lowest BCUT2D eigenvalue weighted by Crippen LogP contribution is -2.27. The van der Waals surface area contributed by atoms with Crippen LogP contribution in [-0.4, -0.2) is 27.7 Å². The molecule has 0 heterocycles. The number of ether oxygens (including phenoxy) is 1. The Bertz CT molecular complexity index is 601. The predicted molar refractivity (Wildman–Crippen MR) is 94.5 cm³/mol. The van der Waals surface area contributed by atoms with Crippen LogP contribution >= 0.6 is 23.2 Å². The van der Waals surface area contributed by atoms with E-state index in [2.05, 4.69) is 4.72 Å². The molecule has 1 saturated carbocycles. The minimum Gasteiger partial charge on any atom is -0.378 e. The molecule has 0 saturated heterocycles. The monoisotopic (exact) mass is 379 g/mol. The van der Waals surface area contributed by atoms with Gasteiger partial charge in [0.05, 0.1) is 21.9 Å². The Labute approximate surface area is 148 Å². The van der Waals surface area contributed by atoms with E-state index in [9.17, 15) is 8.42 Å². The predicted octanol–water partition coefficient (Wildman–Crippen LogP) is 4.15. The third-order valence-electron chi connectivity index (χ3n) is 3.89. The summed E-state index contributed by atoms with van der Waals surface area (Å²) in [5.41, 5.74) is 0.616. The summed E-state index contributed by atoms with van der Waals surface area (Å²) in [6.07, 6.45) is 7.07. The number of hydrogen-bond acceptors (Lipinski definition) is 3. The van der Waals surface area contributed by atoms with Gasteiger partial charge in [-0.25, -0.2) is 13.1 Å². The van der Waals surface area contributed by atoms with E-state index >= 15 is 0 Å². The van der Waals surface area contributed by atoms with Gasteiger partial charge in [-0.1, -0.05) is 48.5 Å². The lowest BCUT2D eigenvalue weighted by Gasteiger charge is -2.21. The largest absolute Gasteiger partial charge is 0.378 e. The summed E-state index contributed by atoms with van der Waals surface area (Å²) in [5, 5.41) is 0.779. The molecule has 2 rings (SSSR count). The minimum atomic E-state index is -3.38. The Morgan fingerprint density at radius 2 is 1.87 bits per heavy atom. The summed E-state index contributed by atoms with van der Waals surface area (Å²) in [6, 6.07) is 4.85. The van der Waals surface area contributed by atoms with Crippen LogP contribution in [0.2, 0.25) is 10.0 Å². The van der Waals surface area contributed by atoms with Gasteiger partial charge in [-0.3, -0.25) is 0 Å². The Morgan fingerprint density at radius 1 is 1.13 bits per heavy atom. The molecule has 1 N–H and O–H groups in total. The number of rotatable bonds is 8. The van der Waals surface area contributed by atoms with Crippen LogP contribution in [-0.2, 0) is 20.5 Å². The van der Waals surface area contributed by atoms with E-state index in [1.807, 2.05) is 0 Å². The van der Waals surface area contributed by atoms with Crippen molar-refractivity contribution in [2.45, 2.75) is 50.4 Å². The zero-order valence-electron chi connectivity index (χ0n) is 13.1. The van der Waals surface area contributed by atoms with Crippen molar-refractivity contribution in [2.24, 2.45) is 0 Å². The normalized spacial score (nSPS) is 16.6. The molecular formula is C16H23Cl2NO3S. The van der Waals surface area contributed by atoms with Gasteiger partial charge in [-0.15, -0.1) is 0 Å². The molecule has 0 atom stereocenters. The highest BCUT2D eigenvalue weighted by molar-refractivity contribution is 7.88. The topological polar surface area (TPSA) is 55.4 Å². The molecule has 0 radical (unpaired) electrons. The third-order valence-corrected chi connectivity index (χ3v) is 5.99. The molecule has 0 spiro atoms. The van der Waals surface area contributed by atoms with Gasteiger partial charge in [0.2, 0.25) is 10.0 Å². The number of sulfonamides is 1. The van der Waals surface area contributed by atoms with E-state index in [0.29, 0.717) is 41.3 Å². The van der Waals surface area contributed by atoms with Gasteiger partial charge in [0.15, 0.2) is 0 Å². The quantitative estimate of drug-likeness (QED) is 0.690. The van der Waals surface area contributed by atoms with Crippen molar-refractivity contribution in [3.63, 3.8) is 0 Å². The lowest BCUT2D eigenvalue weighted by atomic mass is 9.98. The number of hydrogen-bond donors (Lipinski definition) is 1. The lowest BCUT2D eigenvalue weighted by molar-refractivity contribution is 0.0278. The maximum Gasteiger partial charge on any atom is 0.215 e. The Kier molecular flexibility index (Phi) is 7.63. The molecule has 1 aliphatic rings. The zero-order chi connectivity index (χ0) is 16.7. The fourth-order valence-electron chi connectivity index (χ4n) is 2.68. The van der Waals surface area contributed by atoms with E-state index in [-0.39, 0.29) is 5.75 Å². The Hall–Kier alpha value is -0.330. The van der Waals surface area contributed by atoms with E-state index in [0.717, 1.165) is 12.8 Å². The maximum atomic E-state index is 12.0. The van der Waals surface area contributed by atoms with Crippen LogP contribution in [0.4, 0.5) is 0 Å². The summed E-state index contributed by atoms with van der Waals surface area (Å²) >= 11 is 11.7. The summed E-state index contributed by atoms with van der Waals surface area (Å²) in [6.45, 7) is 0.982. The first-order valence-electron chi connectivity index (χ1n) is 7.99. The van der Waals surface area contributed by atoms with Crippen molar-refractivity contribution in [3.05, 3.63) is 33.8 Å². The molecule has 1 aliphatic carbocycles. The second-order valence-corrected chi connectivity index (χ2v) is 8.51. The molecular weight excluding hydrogens is 357 g/mol. The van der Waals surface area contributed by atoms with E-state index in [1.165, 1.54) is 19.3 Å². The summed E-state index contributed by atoms with van der Waals surface area (Å²) in [4.78, 5) is 0. The minimum absolute atomic E-state index is 0.104. The highest BCUT2D eigenvalue weighted by Crippen LogP contribution is 2.23. The summed E-state index contributed by atoms with van der Waals surface area (Å²) in [5.74, 6) is -0.104. The van der Waals surface area contributed by atoms with Crippen molar-refractivity contribution in [1.82, 2.24) is 4.72 Å². The van der Waals surface area contributed by atoms with Gasteiger partial charge in [0, 0.05) is 13.2 Å². The van der Waals surface area contributed by atoms with Crippen molar-refractivity contribution in [2.75, 3.05) is 13.2 Å². The molecule has 0 aliphatic heterocycles. The third kappa shape index (κ3) is 6.98. The first-order valence-corrected chi connectivity index (χ1v) is 10.4. The molecule has 1 fully saturated rings. The van der Waals surface area contributed by atoms with Crippen LogP contribution in [0, 0.1) is 0 Å². The summed E-state index contributed by atoms with van der Waals surface area (Å²) < 4.78 is 32.4. The van der Waals surface area contributed by atoms with Gasteiger partial charge in [-0.2, -0.15) is 0 Å². The highest BCUT2D eigenvalue weighted by atomic mass is 35.5. The van der Waals surface area contributed by atoms with Crippen LogP contribution < -0.4 is 4.72 Å². The van der Waals surface area contributed by atoms with E-state index < -0.39 is 10.0 Å². The molecule has 0 unspecified atom stereocenters. The van der Waals surface area contributed by atoms with Crippen molar-refractivity contribution >= 4 is 33.2 Å². The maximum absolute atomic E-state index is 12.0. The van der Waals surface area contributed by atoms with Crippen molar-refractivity contribution in [3.8, 4) is 0 Å². The van der Waals surface area contributed by atoms with Crippen LogP contribution in [0.15, 0.2) is 18.2 Å². The number of benzene rings is 1. The van der Waals surface area contributed by atoms with Gasteiger partial charge < -0.3 is 4.74 Å². The molecule has 7 heteroatoms. The van der Waals surface area contributed by atoms with Gasteiger partial charge >= 0.3 is 0 Å². The van der Waals surface area contributed by atoms with Crippen LogP contribution in [0.1, 0.15) is 44.1 Å². The molecule has 0 bridgehead atoms. The van der Waals surface area contributed by atoms with E-state index in [1.54, 1.807) is 18.2 Å². The summed E-state index contributed by atoms with van der Waals surface area (Å²) in [7, 11) is -3.38. The van der Waals surface area contributed by atoms with Gasteiger partial charge in [0.25, 0.3) is 0 Å². The smallest absolute Gasteiger partial charge is 0.215 e. The highest BCUT2D eigenvalue weighted by Gasteiger charge is 2.14. The van der Waals surface area contributed by atoms with Crippen molar-refractivity contribution in [1.29, 1.82) is 0 Å². The first-order chi connectivity index (χ1) is 11.0. The van der Waals surface area contributed by atoms with Crippen LogP contribution in [0.3, 0.4) is 0 Å². The van der Waals surface area contributed by atoms with Crippen molar-refractivity contribution < 1.29 is 13.2 Å². The number of halogens is 2. The second kappa shape index (κ2) is 9.23. The second-order valence-electron chi connectivity index (χ2n) is 5.89. The average molecular weight is 380 g/mol. The average Bonchev–Trinajstić information content (AvgIpc) is 2.51. The molecule has 0 amide bonds. The van der Waals surface area contributed by atoms with Gasteiger partial charge in [0.1, 0.15) is 0 Å². The molecule has 1 aromatic carbocycles. The fraction of sp³-hybridized carbons (Fsp3) is 0.625. The SMILES string of the molecule is O=S(=O)(Cc1ccc(Cl)c(Cl)c1)NCCCOC1CCCCC1. The fourth-order valence-corrected chi connectivity index (χ4v) is 4.18. The first kappa shape index (κ1) is 19.0.